The van der Waals surface area contributed by atoms with Gasteiger partial charge in [-0.2, -0.15) is 0 Å². The number of rotatable bonds is 6. The maximum Gasteiger partial charge on any atom is 0.237 e. The van der Waals surface area contributed by atoms with Crippen molar-refractivity contribution in [2.75, 3.05) is 25.9 Å². The number of hydrogen-bond donors (Lipinski definition) is 3. The molecular formula is C11H23N3O3S. The molecule has 1 aliphatic heterocycles. The van der Waals surface area contributed by atoms with E-state index in [-0.39, 0.29) is 11.9 Å². The van der Waals surface area contributed by atoms with Gasteiger partial charge in [0.05, 0.1) is 12.3 Å². The van der Waals surface area contributed by atoms with Crippen molar-refractivity contribution in [3.05, 3.63) is 0 Å². The van der Waals surface area contributed by atoms with Crippen LogP contribution in [0.1, 0.15) is 26.2 Å². The first kappa shape index (κ1) is 15.4. The van der Waals surface area contributed by atoms with Crippen molar-refractivity contribution in [3.8, 4) is 0 Å². The molecule has 0 saturated carbocycles. The van der Waals surface area contributed by atoms with E-state index in [0.717, 1.165) is 25.6 Å². The summed E-state index contributed by atoms with van der Waals surface area (Å²) in [5.74, 6) is 0.592. The molecule has 0 aromatic carbocycles. The number of piperidine rings is 1. The van der Waals surface area contributed by atoms with Gasteiger partial charge < -0.3 is 10.6 Å². The van der Waals surface area contributed by atoms with Gasteiger partial charge in [-0.1, -0.05) is 6.92 Å². The highest BCUT2D eigenvalue weighted by atomic mass is 32.2. The Morgan fingerprint density at radius 3 is 2.72 bits per heavy atom. The summed E-state index contributed by atoms with van der Waals surface area (Å²) >= 11 is 0. The number of nitrogens with one attached hydrogen (secondary N) is 3. The van der Waals surface area contributed by atoms with Gasteiger partial charge in [-0.15, -0.1) is 0 Å². The van der Waals surface area contributed by atoms with Gasteiger partial charge >= 0.3 is 0 Å². The molecule has 1 rings (SSSR count). The quantitative estimate of drug-likeness (QED) is 0.567. The Morgan fingerprint density at radius 1 is 1.39 bits per heavy atom. The van der Waals surface area contributed by atoms with Crippen molar-refractivity contribution < 1.29 is 13.2 Å². The lowest BCUT2D eigenvalue weighted by Gasteiger charge is -2.27. The zero-order valence-electron chi connectivity index (χ0n) is 11.0. The molecule has 1 amide bonds. The van der Waals surface area contributed by atoms with Crippen LogP contribution in [0.3, 0.4) is 0 Å². The Kier molecular flexibility index (Phi) is 6.04. The number of amides is 1. The summed E-state index contributed by atoms with van der Waals surface area (Å²) in [7, 11) is -3.13. The van der Waals surface area contributed by atoms with Gasteiger partial charge in [0.1, 0.15) is 0 Å². The average Bonchev–Trinajstić information content (AvgIpc) is 2.26. The molecule has 3 N–H and O–H groups in total. The molecule has 0 bridgehead atoms. The van der Waals surface area contributed by atoms with E-state index in [1.165, 1.54) is 0 Å². The fourth-order valence-electron chi connectivity index (χ4n) is 1.99. The largest absolute Gasteiger partial charge is 0.355 e. The number of carbonyl (C=O) groups is 1. The maximum atomic E-state index is 11.8. The lowest BCUT2D eigenvalue weighted by atomic mass is 9.94. The highest BCUT2D eigenvalue weighted by Crippen LogP contribution is 2.14. The van der Waals surface area contributed by atoms with E-state index in [0.29, 0.717) is 25.4 Å². The van der Waals surface area contributed by atoms with Gasteiger partial charge in [-0.05, 0) is 31.7 Å². The second-order valence-electron chi connectivity index (χ2n) is 4.95. The van der Waals surface area contributed by atoms with Gasteiger partial charge in [0.15, 0.2) is 0 Å². The molecule has 2 unspecified atom stereocenters. The third kappa shape index (κ3) is 6.32. The summed E-state index contributed by atoms with van der Waals surface area (Å²) < 4.78 is 24.0. The van der Waals surface area contributed by atoms with E-state index in [2.05, 4.69) is 22.3 Å². The van der Waals surface area contributed by atoms with Crippen LogP contribution in [0.4, 0.5) is 0 Å². The summed E-state index contributed by atoms with van der Waals surface area (Å²) in [6.07, 6.45) is 3.70. The Balaban J connectivity index is 2.13. The average molecular weight is 277 g/mol. The minimum Gasteiger partial charge on any atom is -0.355 e. The van der Waals surface area contributed by atoms with Crippen molar-refractivity contribution in [1.82, 2.24) is 15.4 Å². The molecule has 2 atom stereocenters. The van der Waals surface area contributed by atoms with E-state index in [1.807, 2.05) is 0 Å². The molecular weight excluding hydrogens is 254 g/mol. The van der Waals surface area contributed by atoms with E-state index in [9.17, 15) is 13.2 Å². The van der Waals surface area contributed by atoms with Crippen molar-refractivity contribution >= 4 is 15.9 Å². The van der Waals surface area contributed by atoms with Gasteiger partial charge in [0.25, 0.3) is 0 Å². The van der Waals surface area contributed by atoms with Crippen LogP contribution in [0.5, 0.6) is 0 Å². The first-order chi connectivity index (χ1) is 8.38. The third-order valence-corrected chi connectivity index (χ3v) is 3.73. The highest BCUT2D eigenvalue weighted by Gasteiger charge is 2.23. The van der Waals surface area contributed by atoms with Crippen LogP contribution < -0.4 is 15.4 Å². The van der Waals surface area contributed by atoms with Gasteiger partial charge in [0.2, 0.25) is 15.9 Å². The lowest BCUT2D eigenvalue weighted by molar-refractivity contribution is -0.124. The number of hydrogen-bond acceptors (Lipinski definition) is 4. The molecule has 0 aliphatic carbocycles. The molecule has 18 heavy (non-hydrogen) atoms. The Labute approximate surface area is 109 Å². The summed E-state index contributed by atoms with van der Waals surface area (Å²) in [6.45, 7) is 3.88. The first-order valence-electron chi connectivity index (χ1n) is 6.34. The number of carbonyl (C=O) groups excluding carboxylic acids is 1. The second-order valence-corrected chi connectivity index (χ2v) is 6.78. The van der Waals surface area contributed by atoms with Crippen LogP contribution in [0, 0.1) is 5.92 Å². The molecule has 1 fully saturated rings. The Bertz CT molecular complexity index is 370. The van der Waals surface area contributed by atoms with Gasteiger partial charge in [0, 0.05) is 13.1 Å². The van der Waals surface area contributed by atoms with E-state index < -0.39 is 10.0 Å². The molecule has 6 nitrogen and oxygen atoms in total. The Hall–Kier alpha value is -0.660. The molecule has 1 heterocycles. The first-order valence-corrected chi connectivity index (χ1v) is 8.23. The second kappa shape index (κ2) is 7.06. The van der Waals surface area contributed by atoms with Gasteiger partial charge in [-0.25, -0.2) is 13.1 Å². The zero-order valence-corrected chi connectivity index (χ0v) is 11.8. The normalized spacial score (nSPS) is 24.8. The summed E-state index contributed by atoms with van der Waals surface area (Å²) in [5.41, 5.74) is 0. The number of sulfonamides is 1. The van der Waals surface area contributed by atoms with Crippen molar-refractivity contribution in [2.24, 2.45) is 5.92 Å². The van der Waals surface area contributed by atoms with E-state index in [1.54, 1.807) is 0 Å². The standard InChI is InChI=1S/C11H23N3O3S/c1-9-4-7-12-10(8-9)11(15)13-5-3-6-14-18(2,16)17/h9-10,12,14H,3-8H2,1-2H3,(H,13,15). The van der Waals surface area contributed by atoms with E-state index >= 15 is 0 Å². The zero-order chi connectivity index (χ0) is 13.6. The van der Waals surface area contributed by atoms with Crippen LogP contribution >= 0.6 is 0 Å². The summed E-state index contributed by atoms with van der Waals surface area (Å²) in [6, 6.07) is -0.100. The van der Waals surface area contributed by atoms with Crippen LogP contribution in [-0.2, 0) is 14.8 Å². The van der Waals surface area contributed by atoms with Gasteiger partial charge in [-0.3, -0.25) is 4.79 Å². The summed E-state index contributed by atoms with van der Waals surface area (Å²) in [5, 5.41) is 6.01. The molecule has 0 aromatic rings. The maximum absolute atomic E-state index is 11.8. The van der Waals surface area contributed by atoms with Crippen molar-refractivity contribution in [3.63, 3.8) is 0 Å². The fraction of sp³-hybridized carbons (Fsp3) is 0.909. The molecule has 0 radical (unpaired) electrons. The topological polar surface area (TPSA) is 87.3 Å². The lowest BCUT2D eigenvalue weighted by Crippen LogP contribution is -2.48. The smallest absolute Gasteiger partial charge is 0.237 e. The minimum absolute atomic E-state index is 0.0147. The molecule has 7 heteroatoms. The van der Waals surface area contributed by atoms with Crippen LogP contribution in [0.25, 0.3) is 0 Å². The molecule has 106 valence electrons. The highest BCUT2D eigenvalue weighted by molar-refractivity contribution is 7.88. The monoisotopic (exact) mass is 277 g/mol. The predicted molar refractivity (Wildman–Crippen MR) is 70.7 cm³/mol. The predicted octanol–water partition coefficient (Wildman–Crippen LogP) is -0.570. The molecule has 0 spiro atoms. The SMILES string of the molecule is CC1CCNC(C(=O)NCCCNS(C)(=O)=O)C1. The Morgan fingerprint density at radius 2 is 2.11 bits per heavy atom. The van der Waals surface area contributed by atoms with E-state index in [4.69, 9.17) is 0 Å². The van der Waals surface area contributed by atoms with Crippen molar-refractivity contribution in [1.29, 1.82) is 0 Å². The summed E-state index contributed by atoms with van der Waals surface area (Å²) in [4.78, 5) is 11.8. The van der Waals surface area contributed by atoms with Crippen LogP contribution in [0.2, 0.25) is 0 Å². The van der Waals surface area contributed by atoms with Crippen LogP contribution in [0.15, 0.2) is 0 Å². The third-order valence-electron chi connectivity index (χ3n) is 3.00. The minimum atomic E-state index is -3.13. The fourth-order valence-corrected chi connectivity index (χ4v) is 2.50. The molecule has 0 aromatic heterocycles. The van der Waals surface area contributed by atoms with Crippen molar-refractivity contribution in [2.45, 2.75) is 32.2 Å². The molecule has 1 saturated heterocycles. The van der Waals surface area contributed by atoms with Crippen LogP contribution in [-0.4, -0.2) is 46.3 Å². The molecule has 1 aliphatic rings.